The molecular weight excluding hydrogens is 368 g/mol. The highest BCUT2D eigenvalue weighted by molar-refractivity contribution is 7.89. The van der Waals surface area contributed by atoms with E-state index in [4.69, 9.17) is 16.3 Å². The summed E-state index contributed by atoms with van der Waals surface area (Å²) in [6.45, 7) is 1.44. The minimum Gasteiger partial charge on any atom is -0.379 e. The van der Waals surface area contributed by atoms with Crippen molar-refractivity contribution in [2.24, 2.45) is 7.05 Å². The summed E-state index contributed by atoms with van der Waals surface area (Å²) in [5.41, 5.74) is 0.690. The predicted octanol–water partition coefficient (Wildman–Crippen LogP) is 1.35. The largest absolute Gasteiger partial charge is 0.379 e. The highest BCUT2D eigenvalue weighted by Gasteiger charge is 2.26. The van der Waals surface area contributed by atoms with E-state index in [0.29, 0.717) is 32.0 Å². The van der Waals surface area contributed by atoms with Crippen LogP contribution in [0.25, 0.3) is 0 Å². The number of carbonyl (C=O) groups excluding carboxylic acids is 1. The molecule has 0 unspecified atom stereocenters. The Kier molecular flexibility index (Phi) is 5.09. The number of amides is 1. The van der Waals surface area contributed by atoms with Crippen LogP contribution in [0.15, 0.2) is 35.4 Å². The van der Waals surface area contributed by atoms with Crippen LogP contribution in [0.5, 0.6) is 0 Å². The Labute approximate surface area is 150 Å². The molecule has 2 aromatic rings. The van der Waals surface area contributed by atoms with E-state index >= 15 is 0 Å². The Morgan fingerprint density at radius 1 is 1.24 bits per heavy atom. The first kappa shape index (κ1) is 17.9. The monoisotopic (exact) mass is 384 g/mol. The lowest BCUT2D eigenvalue weighted by Gasteiger charge is -2.26. The summed E-state index contributed by atoms with van der Waals surface area (Å²) in [6, 6.07) is 6.00. The number of ether oxygens (including phenoxy) is 1. The zero-order chi connectivity index (χ0) is 18.0. The van der Waals surface area contributed by atoms with Crippen molar-refractivity contribution in [1.29, 1.82) is 0 Å². The molecule has 0 spiro atoms. The fourth-order valence-electron chi connectivity index (χ4n) is 2.50. The number of rotatable bonds is 4. The lowest BCUT2D eigenvalue weighted by atomic mass is 10.3. The maximum atomic E-state index is 12.6. The van der Waals surface area contributed by atoms with Crippen molar-refractivity contribution in [3.05, 3.63) is 41.2 Å². The maximum Gasteiger partial charge on any atom is 0.275 e. The van der Waals surface area contributed by atoms with Gasteiger partial charge in [0.25, 0.3) is 5.91 Å². The fourth-order valence-corrected chi connectivity index (χ4v) is 4.16. The average molecular weight is 385 g/mol. The van der Waals surface area contributed by atoms with E-state index in [2.05, 4.69) is 10.4 Å². The molecule has 25 heavy (non-hydrogen) atoms. The molecule has 1 aliphatic heterocycles. The Bertz CT molecular complexity index is 854. The molecule has 1 amide bonds. The lowest BCUT2D eigenvalue weighted by molar-refractivity contribution is 0.0730. The second-order valence-electron chi connectivity index (χ2n) is 5.46. The summed E-state index contributed by atoms with van der Waals surface area (Å²) >= 11 is 5.94. The molecule has 0 aliphatic carbocycles. The van der Waals surface area contributed by atoms with Crippen LogP contribution in [0.4, 0.5) is 5.69 Å². The summed E-state index contributed by atoms with van der Waals surface area (Å²) < 4.78 is 33.0. The third-order valence-electron chi connectivity index (χ3n) is 3.83. The van der Waals surface area contributed by atoms with Crippen molar-refractivity contribution >= 4 is 33.2 Å². The highest BCUT2D eigenvalue weighted by Crippen LogP contribution is 2.21. The molecule has 0 radical (unpaired) electrons. The number of sulfonamides is 1. The van der Waals surface area contributed by atoms with Crippen molar-refractivity contribution in [3.8, 4) is 0 Å². The van der Waals surface area contributed by atoms with Gasteiger partial charge in [0.2, 0.25) is 10.0 Å². The summed E-state index contributed by atoms with van der Waals surface area (Å²) in [4.78, 5) is 12.4. The third kappa shape index (κ3) is 3.69. The summed E-state index contributed by atoms with van der Waals surface area (Å²) in [5, 5.41) is 6.82. The molecule has 1 saturated heterocycles. The van der Waals surface area contributed by atoms with Gasteiger partial charge in [-0.1, -0.05) is 11.6 Å². The van der Waals surface area contributed by atoms with E-state index in [1.807, 2.05) is 0 Å². The van der Waals surface area contributed by atoms with E-state index in [0.717, 1.165) is 0 Å². The molecule has 1 aromatic carbocycles. The van der Waals surface area contributed by atoms with Gasteiger partial charge in [-0.05, 0) is 24.3 Å². The van der Waals surface area contributed by atoms with E-state index in [-0.39, 0.29) is 15.6 Å². The van der Waals surface area contributed by atoms with Gasteiger partial charge >= 0.3 is 0 Å². The van der Waals surface area contributed by atoms with Crippen LogP contribution in [0, 0.1) is 0 Å². The van der Waals surface area contributed by atoms with Gasteiger partial charge < -0.3 is 10.1 Å². The highest BCUT2D eigenvalue weighted by atomic mass is 35.5. The molecule has 1 aromatic heterocycles. The molecule has 3 rings (SSSR count). The molecule has 134 valence electrons. The summed E-state index contributed by atoms with van der Waals surface area (Å²) in [7, 11) is -1.95. The van der Waals surface area contributed by atoms with E-state index in [1.54, 1.807) is 7.05 Å². The smallest absolute Gasteiger partial charge is 0.275 e. The van der Waals surface area contributed by atoms with Crippen LogP contribution in [0.2, 0.25) is 5.02 Å². The second-order valence-corrected chi connectivity index (χ2v) is 7.80. The number of nitrogens with one attached hydrogen (secondary N) is 1. The average Bonchev–Trinajstić information content (AvgIpc) is 2.95. The zero-order valence-corrected chi connectivity index (χ0v) is 15.0. The molecule has 0 saturated carbocycles. The van der Waals surface area contributed by atoms with Crippen LogP contribution in [-0.4, -0.2) is 54.7 Å². The van der Waals surface area contributed by atoms with Crippen molar-refractivity contribution in [3.63, 3.8) is 0 Å². The number of halogens is 1. The first-order valence-electron chi connectivity index (χ1n) is 7.56. The Morgan fingerprint density at radius 2 is 1.88 bits per heavy atom. The minimum absolute atomic E-state index is 0.172. The Balaban J connectivity index is 1.75. The normalized spacial score (nSPS) is 15.9. The SMILES string of the molecule is Cn1ncc(Cl)c1C(=O)Nc1ccc(S(=O)(=O)N2CCOCC2)cc1. The zero-order valence-electron chi connectivity index (χ0n) is 13.5. The fraction of sp³-hybridized carbons (Fsp3) is 0.333. The van der Waals surface area contributed by atoms with Crippen molar-refractivity contribution in [2.45, 2.75) is 4.90 Å². The number of anilines is 1. The first-order valence-corrected chi connectivity index (χ1v) is 9.38. The quantitative estimate of drug-likeness (QED) is 0.858. The van der Waals surface area contributed by atoms with E-state index in [9.17, 15) is 13.2 Å². The van der Waals surface area contributed by atoms with Crippen LogP contribution in [-0.2, 0) is 21.8 Å². The molecule has 2 heterocycles. The number of nitrogens with zero attached hydrogens (tertiary/aromatic N) is 3. The molecule has 1 fully saturated rings. The van der Waals surface area contributed by atoms with E-state index < -0.39 is 15.9 Å². The van der Waals surface area contributed by atoms with Crippen molar-refractivity contribution in [2.75, 3.05) is 31.6 Å². The number of aryl methyl sites for hydroxylation is 1. The van der Waals surface area contributed by atoms with Gasteiger partial charge in [0.05, 0.1) is 29.3 Å². The molecule has 0 bridgehead atoms. The van der Waals surface area contributed by atoms with Gasteiger partial charge in [0.1, 0.15) is 5.69 Å². The molecular formula is C15H17ClN4O4S. The van der Waals surface area contributed by atoms with Crippen LogP contribution in [0.3, 0.4) is 0 Å². The summed E-state index contributed by atoms with van der Waals surface area (Å²) in [5.74, 6) is -0.422. The topological polar surface area (TPSA) is 93.5 Å². The van der Waals surface area contributed by atoms with Crippen molar-refractivity contribution < 1.29 is 17.9 Å². The molecule has 0 atom stereocenters. The molecule has 1 N–H and O–H groups in total. The van der Waals surface area contributed by atoms with Gasteiger partial charge in [0, 0.05) is 25.8 Å². The lowest BCUT2D eigenvalue weighted by Crippen LogP contribution is -2.40. The Hall–Kier alpha value is -1.94. The van der Waals surface area contributed by atoms with Gasteiger partial charge in [-0.15, -0.1) is 0 Å². The second kappa shape index (κ2) is 7.12. The number of hydrogen-bond acceptors (Lipinski definition) is 5. The number of hydrogen-bond donors (Lipinski definition) is 1. The molecule has 1 aliphatic rings. The molecule has 10 heteroatoms. The number of carbonyl (C=O) groups is 1. The number of aromatic nitrogens is 2. The van der Waals surface area contributed by atoms with E-state index in [1.165, 1.54) is 39.4 Å². The Morgan fingerprint density at radius 3 is 2.44 bits per heavy atom. The number of benzene rings is 1. The van der Waals surface area contributed by atoms with Crippen LogP contribution in [0.1, 0.15) is 10.5 Å². The predicted molar refractivity (Wildman–Crippen MR) is 92.2 cm³/mol. The van der Waals surface area contributed by atoms with Gasteiger partial charge in [-0.3, -0.25) is 9.48 Å². The van der Waals surface area contributed by atoms with Crippen LogP contribution >= 0.6 is 11.6 Å². The van der Waals surface area contributed by atoms with Gasteiger partial charge in [-0.25, -0.2) is 8.42 Å². The maximum absolute atomic E-state index is 12.6. The molecule has 8 nitrogen and oxygen atoms in total. The standard InChI is InChI=1S/C15H17ClN4O4S/c1-19-14(13(16)10-17-19)15(21)18-11-2-4-12(5-3-11)25(22,23)20-6-8-24-9-7-20/h2-5,10H,6-9H2,1H3,(H,18,21). The number of morpholine rings is 1. The first-order chi connectivity index (χ1) is 11.9. The van der Waals surface area contributed by atoms with Gasteiger partial charge in [0.15, 0.2) is 0 Å². The minimum atomic E-state index is -3.56. The van der Waals surface area contributed by atoms with Crippen molar-refractivity contribution in [1.82, 2.24) is 14.1 Å². The summed E-state index contributed by atoms with van der Waals surface area (Å²) in [6.07, 6.45) is 1.38. The van der Waals surface area contributed by atoms with Crippen LogP contribution < -0.4 is 5.32 Å². The third-order valence-corrected chi connectivity index (χ3v) is 6.02. The van der Waals surface area contributed by atoms with Gasteiger partial charge in [-0.2, -0.15) is 9.40 Å².